The minimum absolute atomic E-state index is 0.0757. The Bertz CT molecular complexity index is 1020. The normalized spacial score (nSPS) is 10.9. The van der Waals surface area contributed by atoms with E-state index in [1.54, 1.807) is 37.4 Å². The van der Waals surface area contributed by atoms with E-state index in [4.69, 9.17) is 9.47 Å². The van der Waals surface area contributed by atoms with E-state index in [9.17, 15) is 4.79 Å². The fourth-order valence-electron chi connectivity index (χ4n) is 3.83. The van der Waals surface area contributed by atoms with Gasteiger partial charge < -0.3 is 18.9 Å². The predicted molar refractivity (Wildman–Crippen MR) is 122 cm³/mol. The Morgan fingerprint density at radius 1 is 1.10 bits per heavy atom. The average Bonchev–Trinajstić information content (AvgIpc) is 3.19. The molecule has 1 amide bonds. The van der Waals surface area contributed by atoms with Crippen LogP contribution in [0, 0.1) is 20.8 Å². The van der Waals surface area contributed by atoms with Crippen LogP contribution in [-0.4, -0.2) is 47.7 Å². The van der Waals surface area contributed by atoms with E-state index in [1.165, 1.54) is 22.3 Å². The lowest BCUT2D eigenvalue weighted by Gasteiger charge is -2.23. The van der Waals surface area contributed by atoms with Crippen molar-refractivity contribution in [2.45, 2.75) is 33.9 Å². The zero-order valence-corrected chi connectivity index (χ0v) is 19.0. The first-order valence-electron chi connectivity index (χ1n) is 10.4. The summed E-state index contributed by atoms with van der Waals surface area (Å²) in [6.07, 6.45) is 3.76. The minimum atomic E-state index is -0.0757. The Balaban J connectivity index is 1.85. The van der Waals surface area contributed by atoms with Crippen LogP contribution in [0.1, 0.15) is 38.4 Å². The maximum absolute atomic E-state index is 13.2. The molecule has 6 nitrogen and oxygen atoms in total. The second-order valence-corrected chi connectivity index (χ2v) is 7.80. The summed E-state index contributed by atoms with van der Waals surface area (Å²) in [5.41, 5.74) is 5.66. The second-order valence-electron chi connectivity index (χ2n) is 7.80. The summed E-state index contributed by atoms with van der Waals surface area (Å²) in [5.74, 6) is 1.42. The topological polar surface area (TPSA) is 56.6 Å². The fraction of sp³-hybridized carbons (Fsp3) is 0.360. The molecule has 0 aliphatic rings. The monoisotopic (exact) mass is 421 g/mol. The standard InChI is InChI=1S/C25H31N3O3/c1-18-13-19(2)23(20(3)14-18)16-27-10-9-26-24(27)17-28(11-12-30-4)25(29)21-7-6-8-22(15-21)31-5/h6-10,13-15H,11-12,16-17H2,1-5H3. The number of benzene rings is 2. The highest BCUT2D eigenvalue weighted by Gasteiger charge is 2.19. The van der Waals surface area contributed by atoms with Gasteiger partial charge in [0.05, 0.1) is 20.3 Å². The largest absolute Gasteiger partial charge is 0.497 e. The molecular formula is C25H31N3O3. The van der Waals surface area contributed by atoms with Crippen molar-refractivity contribution in [3.8, 4) is 5.75 Å². The SMILES string of the molecule is COCCN(Cc1nccn1Cc1c(C)cc(C)cc1C)C(=O)c1cccc(OC)c1. The van der Waals surface area contributed by atoms with E-state index in [0.717, 1.165) is 12.4 Å². The summed E-state index contributed by atoms with van der Waals surface area (Å²) in [7, 11) is 3.23. The number of hydrogen-bond donors (Lipinski definition) is 0. The quantitative estimate of drug-likeness (QED) is 0.521. The maximum Gasteiger partial charge on any atom is 0.254 e. The van der Waals surface area contributed by atoms with Gasteiger partial charge in [-0.2, -0.15) is 0 Å². The summed E-state index contributed by atoms with van der Waals surface area (Å²) in [6, 6.07) is 11.6. The molecule has 0 atom stereocenters. The van der Waals surface area contributed by atoms with Crippen LogP contribution in [-0.2, 0) is 17.8 Å². The zero-order chi connectivity index (χ0) is 22.4. The van der Waals surface area contributed by atoms with Crippen molar-refractivity contribution in [3.63, 3.8) is 0 Å². The molecule has 0 unspecified atom stereocenters. The number of ether oxygens (including phenoxy) is 2. The van der Waals surface area contributed by atoms with Crippen molar-refractivity contribution in [2.24, 2.45) is 0 Å². The lowest BCUT2D eigenvalue weighted by atomic mass is 10.00. The van der Waals surface area contributed by atoms with Crippen LogP contribution < -0.4 is 4.74 Å². The molecule has 3 aromatic rings. The molecule has 1 heterocycles. The second kappa shape index (κ2) is 10.3. The van der Waals surface area contributed by atoms with Gasteiger partial charge >= 0.3 is 0 Å². The highest BCUT2D eigenvalue weighted by molar-refractivity contribution is 5.94. The van der Waals surface area contributed by atoms with E-state index in [-0.39, 0.29) is 5.91 Å². The molecule has 0 aliphatic heterocycles. The molecule has 0 spiro atoms. The Morgan fingerprint density at radius 2 is 1.84 bits per heavy atom. The number of carbonyl (C=O) groups excluding carboxylic acids is 1. The number of nitrogens with zero attached hydrogens (tertiary/aromatic N) is 3. The molecule has 0 N–H and O–H groups in total. The Hall–Kier alpha value is -3.12. The Labute approximate surface area is 184 Å². The van der Waals surface area contributed by atoms with Crippen molar-refractivity contribution < 1.29 is 14.3 Å². The van der Waals surface area contributed by atoms with E-state index in [2.05, 4.69) is 42.5 Å². The van der Waals surface area contributed by atoms with E-state index >= 15 is 0 Å². The zero-order valence-electron chi connectivity index (χ0n) is 19.0. The van der Waals surface area contributed by atoms with Crippen LogP contribution >= 0.6 is 0 Å². The number of carbonyl (C=O) groups is 1. The number of imidazole rings is 1. The number of aromatic nitrogens is 2. The van der Waals surface area contributed by atoms with Gasteiger partial charge in [-0.15, -0.1) is 0 Å². The summed E-state index contributed by atoms with van der Waals surface area (Å²) in [4.78, 5) is 19.6. The molecule has 0 saturated carbocycles. The predicted octanol–water partition coefficient (Wildman–Crippen LogP) is 4.15. The lowest BCUT2D eigenvalue weighted by Crippen LogP contribution is -2.34. The third kappa shape index (κ3) is 5.52. The minimum Gasteiger partial charge on any atom is -0.497 e. The third-order valence-corrected chi connectivity index (χ3v) is 5.47. The van der Waals surface area contributed by atoms with E-state index in [0.29, 0.717) is 31.0 Å². The Morgan fingerprint density at radius 3 is 2.52 bits per heavy atom. The van der Waals surface area contributed by atoms with E-state index < -0.39 is 0 Å². The summed E-state index contributed by atoms with van der Waals surface area (Å²) < 4.78 is 12.6. The van der Waals surface area contributed by atoms with Gasteiger partial charge in [0.15, 0.2) is 0 Å². The van der Waals surface area contributed by atoms with Crippen molar-refractivity contribution in [1.82, 2.24) is 14.5 Å². The smallest absolute Gasteiger partial charge is 0.254 e. The molecule has 1 aromatic heterocycles. The highest BCUT2D eigenvalue weighted by Crippen LogP contribution is 2.20. The molecule has 2 aromatic carbocycles. The summed E-state index contributed by atoms with van der Waals surface area (Å²) >= 11 is 0. The summed E-state index contributed by atoms with van der Waals surface area (Å²) in [5, 5.41) is 0. The molecular weight excluding hydrogens is 390 g/mol. The van der Waals surface area contributed by atoms with E-state index in [1.807, 2.05) is 18.3 Å². The number of methoxy groups -OCH3 is 2. The van der Waals surface area contributed by atoms with Crippen LogP contribution in [0.25, 0.3) is 0 Å². The van der Waals surface area contributed by atoms with Crippen LogP contribution in [0.2, 0.25) is 0 Å². The molecule has 0 aliphatic carbocycles. The number of aryl methyl sites for hydroxylation is 3. The molecule has 6 heteroatoms. The highest BCUT2D eigenvalue weighted by atomic mass is 16.5. The van der Waals surface area contributed by atoms with Crippen LogP contribution in [0.5, 0.6) is 5.75 Å². The number of rotatable bonds is 9. The first kappa shape index (κ1) is 22.6. The lowest BCUT2D eigenvalue weighted by molar-refractivity contribution is 0.0673. The van der Waals surface area contributed by atoms with Crippen molar-refractivity contribution in [3.05, 3.63) is 82.4 Å². The molecule has 0 radical (unpaired) electrons. The van der Waals surface area contributed by atoms with Gasteiger partial charge in [0.2, 0.25) is 0 Å². The van der Waals surface area contributed by atoms with Gasteiger partial charge in [-0.1, -0.05) is 23.8 Å². The molecule has 0 fully saturated rings. The van der Waals surface area contributed by atoms with Gasteiger partial charge in [0.25, 0.3) is 5.91 Å². The maximum atomic E-state index is 13.2. The molecule has 3 rings (SSSR count). The van der Waals surface area contributed by atoms with Crippen molar-refractivity contribution in [2.75, 3.05) is 27.4 Å². The average molecular weight is 422 g/mol. The van der Waals surface area contributed by atoms with Gasteiger partial charge in [-0.25, -0.2) is 4.98 Å². The first-order chi connectivity index (χ1) is 14.9. The molecule has 31 heavy (non-hydrogen) atoms. The number of amides is 1. The van der Waals surface area contributed by atoms with Gasteiger partial charge in [0.1, 0.15) is 11.6 Å². The Kier molecular flexibility index (Phi) is 7.47. The van der Waals surface area contributed by atoms with Crippen molar-refractivity contribution in [1.29, 1.82) is 0 Å². The molecule has 164 valence electrons. The molecule has 0 saturated heterocycles. The third-order valence-electron chi connectivity index (χ3n) is 5.47. The van der Waals surface area contributed by atoms with Crippen LogP contribution in [0.3, 0.4) is 0 Å². The van der Waals surface area contributed by atoms with Crippen molar-refractivity contribution >= 4 is 5.91 Å². The molecule has 0 bridgehead atoms. The van der Waals surface area contributed by atoms with Gasteiger partial charge in [-0.3, -0.25) is 4.79 Å². The first-order valence-corrected chi connectivity index (χ1v) is 10.4. The number of hydrogen-bond acceptors (Lipinski definition) is 4. The van der Waals surface area contributed by atoms with Gasteiger partial charge in [0, 0.05) is 38.2 Å². The van der Waals surface area contributed by atoms with Crippen LogP contribution in [0.4, 0.5) is 0 Å². The van der Waals surface area contributed by atoms with Gasteiger partial charge in [-0.05, 0) is 55.7 Å². The fourth-order valence-corrected chi connectivity index (χ4v) is 3.83. The van der Waals surface area contributed by atoms with Crippen LogP contribution in [0.15, 0.2) is 48.8 Å². The summed E-state index contributed by atoms with van der Waals surface area (Å²) in [6.45, 7) is 8.44.